The van der Waals surface area contributed by atoms with E-state index in [2.05, 4.69) is 54.2 Å². The third kappa shape index (κ3) is 3.81. The fourth-order valence-corrected chi connectivity index (χ4v) is 4.55. The molecule has 2 heterocycles. The number of nitrogens with one attached hydrogen (secondary N) is 2. The van der Waals surface area contributed by atoms with Gasteiger partial charge in [0.05, 0.1) is 0 Å². The lowest BCUT2D eigenvalue weighted by atomic mass is 9.82. The molecule has 130 valence electrons. The molecular weight excluding hydrogens is 314 g/mol. The Morgan fingerprint density at radius 3 is 2.67 bits per heavy atom. The highest BCUT2D eigenvalue weighted by Gasteiger charge is 2.37. The van der Waals surface area contributed by atoms with Crippen LogP contribution in [-0.2, 0) is 0 Å². The molecular formula is C20H29N3S. The van der Waals surface area contributed by atoms with Crippen molar-refractivity contribution in [2.45, 2.75) is 64.1 Å². The SMILES string of the molecule is C=CCN1[C@@H]2CCC[C@@H]1CC(NC(=S)Nc1cccc(C)c1C)C2. The van der Waals surface area contributed by atoms with Crippen molar-refractivity contribution in [3.63, 3.8) is 0 Å². The largest absolute Gasteiger partial charge is 0.360 e. The van der Waals surface area contributed by atoms with Gasteiger partial charge >= 0.3 is 0 Å². The minimum Gasteiger partial charge on any atom is -0.360 e. The van der Waals surface area contributed by atoms with Crippen LogP contribution in [0.15, 0.2) is 30.9 Å². The molecule has 3 rings (SSSR count). The molecule has 2 saturated heterocycles. The normalized spacial score (nSPS) is 26.7. The Labute approximate surface area is 151 Å². The van der Waals surface area contributed by atoms with Crippen molar-refractivity contribution >= 4 is 23.0 Å². The van der Waals surface area contributed by atoms with Crippen LogP contribution in [-0.4, -0.2) is 34.7 Å². The van der Waals surface area contributed by atoms with E-state index in [0.717, 1.165) is 17.3 Å². The van der Waals surface area contributed by atoms with Crippen molar-refractivity contribution in [1.29, 1.82) is 0 Å². The summed E-state index contributed by atoms with van der Waals surface area (Å²) >= 11 is 5.58. The number of benzene rings is 1. The number of thiocarbonyl (C=S) groups is 1. The molecule has 4 heteroatoms. The van der Waals surface area contributed by atoms with Gasteiger partial charge in [-0.1, -0.05) is 24.6 Å². The van der Waals surface area contributed by atoms with Gasteiger partial charge in [0.25, 0.3) is 0 Å². The second-order valence-corrected chi connectivity index (χ2v) is 7.65. The second-order valence-electron chi connectivity index (χ2n) is 7.24. The van der Waals surface area contributed by atoms with Crippen LogP contribution in [0.4, 0.5) is 5.69 Å². The molecule has 1 aromatic carbocycles. The quantitative estimate of drug-likeness (QED) is 0.634. The lowest BCUT2D eigenvalue weighted by Crippen LogP contribution is -2.57. The third-order valence-corrected chi connectivity index (χ3v) is 5.87. The van der Waals surface area contributed by atoms with Gasteiger partial charge in [-0.3, -0.25) is 4.90 Å². The summed E-state index contributed by atoms with van der Waals surface area (Å²) in [5.41, 5.74) is 3.66. The van der Waals surface area contributed by atoms with Crippen LogP contribution >= 0.6 is 12.2 Å². The maximum absolute atomic E-state index is 5.58. The molecule has 2 bridgehead atoms. The van der Waals surface area contributed by atoms with Crippen molar-refractivity contribution in [1.82, 2.24) is 10.2 Å². The summed E-state index contributed by atoms with van der Waals surface area (Å²) in [6.07, 6.45) is 8.38. The van der Waals surface area contributed by atoms with Crippen LogP contribution in [0.1, 0.15) is 43.2 Å². The summed E-state index contributed by atoms with van der Waals surface area (Å²) in [4.78, 5) is 2.65. The summed E-state index contributed by atoms with van der Waals surface area (Å²) in [7, 11) is 0. The highest BCUT2D eigenvalue weighted by Crippen LogP contribution is 2.34. The van der Waals surface area contributed by atoms with Gasteiger partial charge in [0.15, 0.2) is 5.11 Å². The molecule has 2 fully saturated rings. The van der Waals surface area contributed by atoms with Crippen molar-refractivity contribution < 1.29 is 0 Å². The maximum atomic E-state index is 5.58. The Kier molecular flexibility index (Phi) is 5.57. The van der Waals surface area contributed by atoms with Gasteiger partial charge in [-0.25, -0.2) is 0 Å². The maximum Gasteiger partial charge on any atom is 0.171 e. The van der Waals surface area contributed by atoms with E-state index in [1.807, 2.05) is 6.08 Å². The summed E-state index contributed by atoms with van der Waals surface area (Å²) in [6, 6.07) is 8.14. The minimum absolute atomic E-state index is 0.478. The smallest absolute Gasteiger partial charge is 0.171 e. The molecule has 24 heavy (non-hydrogen) atoms. The molecule has 2 atom stereocenters. The zero-order valence-electron chi connectivity index (χ0n) is 14.8. The van der Waals surface area contributed by atoms with Crippen LogP contribution < -0.4 is 10.6 Å². The molecule has 0 radical (unpaired) electrons. The lowest BCUT2D eigenvalue weighted by molar-refractivity contribution is 0.0389. The van der Waals surface area contributed by atoms with E-state index >= 15 is 0 Å². The van der Waals surface area contributed by atoms with Crippen LogP contribution in [0.25, 0.3) is 0 Å². The monoisotopic (exact) mass is 343 g/mol. The van der Waals surface area contributed by atoms with Gasteiger partial charge in [-0.05, 0) is 68.9 Å². The van der Waals surface area contributed by atoms with Gasteiger partial charge in [0.1, 0.15) is 0 Å². The molecule has 1 aromatic rings. The number of fused-ring (bicyclic) bond motifs is 2. The van der Waals surface area contributed by atoms with Crippen molar-refractivity contribution in [2.24, 2.45) is 0 Å². The summed E-state index contributed by atoms with van der Waals surface area (Å²) in [5, 5.41) is 7.72. The van der Waals surface area contributed by atoms with Gasteiger partial charge in [-0.15, -0.1) is 6.58 Å². The number of piperidine rings is 2. The fraction of sp³-hybridized carbons (Fsp3) is 0.550. The van der Waals surface area contributed by atoms with Crippen molar-refractivity contribution in [3.8, 4) is 0 Å². The van der Waals surface area contributed by atoms with Crippen molar-refractivity contribution in [2.75, 3.05) is 11.9 Å². The number of nitrogens with zero attached hydrogens (tertiary/aromatic N) is 1. The van der Waals surface area contributed by atoms with E-state index in [1.54, 1.807) is 0 Å². The second kappa shape index (κ2) is 7.66. The van der Waals surface area contributed by atoms with E-state index in [0.29, 0.717) is 18.1 Å². The van der Waals surface area contributed by atoms with E-state index in [-0.39, 0.29) is 0 Å². The molecule has 2 aliphatic heterocycles. The van der Waals surface area contributed by atoms with E-state index in [4.69, 9.17) is 12.2 Å². The minimum atomic E-state index is 0.478. The lowest BCUT2D eigenvalue weighted by Gasteiger charge is -2.48. The molecule has 0 aliphatic carbocycles. The van der Waals surface area contributed by atoms with Crippen LogP contribution in [0.3, 0.4) is 0 Å². The Hall–Kier alpha value is -1.39. The topological polar surface area (TPSA) is 27.3 Å². The third-order valence-electron chi connectivity index (χ3n) is 5.65. The van der Waals surface area contributed by atoms with Crippen LogP contribution in [0.2, 0.25) is 0 Å². The first-order chi connectivity index (χ1) is 11.6. The zero-order valence-corrected chi connectivity index (χ0v) is 15.7. The van der Waals surface area contributed by atoms with Gasteiger partial charge < -0.3 is 10.6 Å². The Bertz CT molecular complexity index is 599. The summed E-state index contributed by atoms with van der Waals surface area (Å²) < 4.78 is 0. The summed E-state index contributed by atoms with van der Waals surface area (Å²) in [5.74, 6) is 0. The first-order valence-corrected chi connectivity index (χ1v) is 9.49. The zero-order chi connectivity index (χ0) is 17.1. The van der Waals surface area contributed by atoms with E-state index < -0.39 is 0 Å². The molecule has 3 nitrogen and oxygen atoms in total. The van der Waals surface area contributed by atoms with E-state index in [9.17, 15) is 0 Å². The Morgan fingerprint density at radius 2 is 2.00 bits per heavy atom. The van der Waals surface area contributed by atoms with Crippen LogP contribution in [0.5, 0.6) is 0 Å². The number of aryl methyl sites for hydroxylation is 1. The van der Waals surface area contributed by atoms with Gasteiger partial charge in [0, 0.05) is 30.4 Å². The Balaban J connectivity index is 1.59. The van der Waals surface area contributed by atoms with E-state index in [1.165, 1.54) is 43.2 Å². The number of anilines is 1. The van der Waals surface area contributed by atoms with Gasteiger partial charge in [0.2, 0.25) is 0 Å². The highest BCUT2D eigenvalue weighted by atomic mass is 32.1. The molecule has 0 spiro atoms. The average Bonchev–Trinajstić information content (AvgIpc) is 2.53. The highest BCUT2D eigenvalue weighted by molar-refractivity contribution is 7.80. The number of rotatable bonds is 4. The predicted octanol–water partition coefficient (Wildman–Crippen LogP) is 4.16. The first-order valence-electron chi connectivity index (χ1n) is 9.09. The van der Waals surface area contributed by atoms with Crippen LogP contribution in [0, 0.1) is 13.8 Å². The predicted molar refractivity (Wildman–Crippen MR) is 107 cm³/mol. The number of hydrogen-bond donors (Lipinski definition) is 2. The molecule has 2 N–H and O–H groups in total. The number of hydrogen-bond acceptors (Lipinski definition) is 2. The molecule has 0 unspecified atom stereocenters. The fourth-order valence-electron chi connectivity index (χ4n) is 4.27. The molecule has 0 saturated carbocycles. The first kappa shape index (κ1) is 17.4. The Morgan fingerprint density at radius 1 is 1.29 bits per heavy atom. The molecule has 0 aromatic heterocycles. The molecule has 0 amide bonds. The standard InChI is InChI=1S/C20H29N3S/c1-4-11-23-17-8-6-9-18(23)13-16(12-17)21-20(24)22-19-10-5-7-14(2)15(19)3/h4-5,7,10,16-18H,1,6,8-9,11-13H2,2-3H3,(H2,21,22,24)/t17-,18-/m1/s1. The average molecular weight is 344 g/mol. The van der Waals surface area contributed by atoms with Gasteiger partial charge in [-0.2, -0.15) is 0 Å². The summed E-state index contributed by atoms with van der Waals surface area (Å²) in [6.45, 7) is 9.21. The molecule has 2 aliphatic rings. The van der Waals surface area contributed by atoms with Crippen molar-refractivity contribution in [3.05, 3.63) is 42.0 Å².